The minimum atomic E-state index is -0.424. The van der Waals surface area contributed by atoms with Gasteiger partial charge in [-0.25, -0.2) is 4.39 Å². The van der Waals surface area contributed by atoms with Crippen LogP contribution < -0.4 is 0 Å². The Morgan fingerprint density at radius 1 is 1.31 bits per heavy atom. The Kier molecular flexibility index (Phi) is 2.08. The molecule has 1 aromatic rings. The fourth-order valence-corrected chi connectivity index (χ4v) is 1.84. The van der Waals surface area contributed by atoms with Crippen molar-refractivity contribution < 1.29 is 9.18 Å². The number of benzene rings is 1. The summed E-state index contributed by atoms with van der Waals surface area (Å²) in [6.07, 6.45) is 1.87. The number of hydrogen-bond acceptors (Lipinski definition) is 1. The molecular formula is C10H8ClFO. The molecule has 0 aliphatic heterocycles. The first kappa shape index (κ1) is 8.70. The highest BCUT2D eigenvalue weighted by Gasteiger charge is 2.21. The Labute approximate surface area is 80.5 Å². The van der Waals surface area contributed by atoms with Gasteiger partial charge < -0.3 is 0 Å². The minimum absolute atomic E-state index is 0.0248. The lowest BCUT2D eigenvalue weighted by Crippen LogP contribution is -2.12. The Bertz CT molecular complexity index is 373. The summed E-state index contributed by atoms with van der Waals surface area (Å²) in [7, 11) is 0. The lowest BCUT2D eigenvalue weighted by atomic mass is 9.90. The number of carbonyl (C=O) groups is 1. The Morgan fingerprint density at radius 2 is 2.08 bits per heavy atom. The molecule has 68 valence electrons. The monoisotopic (exact) mass is 198 g/mol. The largest absolute Gasteiger partial charge is 0.294 e. The summed E-state index contributed by atoms with van der Waals surface area (Å²) in [5.74, 6) is -0.399. The fourth-order valence-electron chi connectivity index (χ4n) is 1.66. The molecule has 13 heavy (non-hydrogen) atoms. The summed E-state index contributed by atoms with van der Waals surface area (Å²) in [5, 5.41) is 0.105. The maximum Gasteiger partial charge on any atom is 0.163 e. The molecular weight excluding hydrogens is 191 g/mol. The lowest BCUT2D eigenvalue weighted by Gasteiger charge is -2.15. The van der Waals surface area contributed by atoms with Crippen molar-refractivity contribution in [1.82, 2.24) is 0 Å². The molecule has 1 aliphatic rings. The summed E-state index contributed by atoms with van der Waals surface area (Å²) in [4.78, 5) is 11.3. The highest BCUT2D eigenvalue weighted by molar-refractivity contribution is 6.31. The summed E-state index contributed by atoms with van der Waals surface area (Å²) >= 11 is 5.61. The first-order valence-electron chi connectivity index (χ1n) is 4.20. The van der Waals surface area contributed by atoms with E-state index in [1.165, 1.54) is 6.07 Å². The third kappa shape index (κ3) is 1.35. The van der Waals surface area contributed by atoms with Crippen LogP contribution in [0.3, 0.4) is 0 Å². The van der Waals surface area contributed by atoms with Gasteiger partial charge in [0.2, 0.25) is 0 Å². The van der Waals surface area contributed by atoms with Crippen LogP contribution >= 0.6 is 11.6 Å². The van der Waals surface area contributed by atoms with Crippen molar-refractivity contribution in [2.75, 3.05) is 0 Å². The van der Waals surface area contributed by atoms with Crippen molar-refractivity contribution in [2.45, 2.75) is 19.3 Å². The van der Waals surface area contributed by atoms with Crippen LogP contribution in [0.5, 0.6) is 0 Å². The molecule has 0 atom stereocenters. The van der Waals surface area contributed by atoms with E-state index in [9.17, 15) is 9.18 Å². The van der Waals surface area contributed by atoms with Gasteiger partial charge in [-0.05, 0) is 25.0 Å². The second kappa shape index (κ2) is 3.11. The molecule has 0 saturated carbocycles. The minimum Gasteiger partial charge on any atom is -0.294 e. The number of halogens is 2. The first-order chi connectivity index (χ1) is 6.20. The van der Waals surface area contributed by atoms with Crippen LogP contribution in [0.4, 0.5) is 4.39 Å². The lowest BCUT2D eigenvalue weighted by molar-refractivity contribution is 0.0971. The van der Waals surface area contributed by atoms with Crippen molar-refractivity contribution in [3.63, 3.8) is 0 Å². The van der Waals surface area contributed by atoms with E-state index in [4.69, 9.17) is 11.6 Å². The van der Waals surface area contributed by atoms with E-state index in [1.807, 2.05) is 0 Å². The predicted molar refractivity (Wildman–Crippen MR) is 48.7 cm³/mol. The zero-order valence-electron chi connectivity index (χ0n) is 6.94. The molecule has 0 fully saturated rings. The third-order valence-corrected chi connectivity index (χ3v) is 2.62. The molecule has 0 amide bonds. The topological polar surface area (TPSA) is 17.1 Å². The molecule has 0 N–H and O–H groups in total. The normalized spacial score (nSPS) is 15.7. The summed E-state index contributed by atoms with van der Waals surface area (Å²) in [5.41, 5.74) is 0.997. The Balaban J connectivity index is 2.63. The van der Waals surface area contributed by atoms with E-state index in [2.05, 4.69) is 0 Å². The van der Waals surface area contributed by atoms with Crippen LogP contribution in [0.15, 0.2) is 12.1 Å². The number of hydrogen-bond donors (Lipinski definition) is 0. The molecule has 0 aromatic heterocycles. The van der Waals surface area contributed by atoms with Crippen molar-refractivity contribution in [1.29, 1.82) is 0 Å². The number of fused-ring (bicyclic) bond motifs is 1. The zero-order chi connectivity index (χ0) is 9.42. The van der Waals surface area contributed by atoms with Gasteiger partial charge in [0, 0.05) is 17.5 Å². The van der Waals surface area contributed by atoms with Crippen LogP contribution in [0, 0.1) is 5.82 Å². The van der Waals surface area contributed by atoms with E-state index in [1.54, 1.807) is 6.07 Å². The second-order valence-electron chi connectivity index (χ2n) is 3.16. The molecule has 0 heterocycles. The number of rotatable bonds is 0. The van der Waals surface area contributed by atoms with Gasteiger partial charge >= 0.3 is 0 Å². The van der Waals surface area contributed by atoms with Crippen LogP contribution in [0.1, 0.15) is 28.8 Å². The molecule has 0 spiro atoms. The van der Waals surface area contributed by atoms with Crippen LogP contribution in [-0.2, 0) is 6.42 Å². The van der Waals surface area contributed by atoms with Gasteiger partial charge in [-0.15, -0.1) is 0 Å². The average Bonchev–Trinajstić information content (AvgIpc) is 2.12. The second-order valence-corrected chi connectivity index (χ2v) is 3.57. The van der Waals surface area contributed by atoms with Crippen LogP contribution in [0.25, 0.3) is 0 Å². The fraction of sp³-hybridized carbons (Fsp3) is 0.300. The van der Waals surface area contributed by atoms with Crippen LogP contribution in [0.2, 0.25) is 5.02 Å². The first-order valence-corrected chi connectivity index (χ1v) is 4.58. The van der Waals surface area contributed by atoms with Gasteiger partial charge in [-0.1, -0.05) is 11.6 Å². The highest BCUT2D eigenvalue weighted by Crippen LogP contribution is 2.27. The Hall–Kier alpha value is -0.890. The summed E-state index contributed by atoms with van der Waals surface area (Å²) < 4.78 is 13.4. The van der Waals surface area contributed by atoms with Gasteiger partial charge in [0.1, 0.15) is 5.82 Å². The smallest absolute Gasteiger partial charge is 0.163 e. The maximum absolute atomic E-state index is 13.4. The van der Waals surface area contributed by atoms with E-state index in [0.29, 0.717) is 24.0 Å². The predicted octanol–water partition coefficient (Wildman–Crippen LogP) is 3.00. The van der Waals surface area contributed by atoms with Gasteiger partial charge in [0.25, 0.3) is 0 Å². The van der Waals surface area contributed by atoms with Crippen molar-refractivity contribution in [2.24, 2.45) is 0 Å². The van der Waals surface area contributed by atoms with Gasteiger partial charge in [-0.3, -0.25) is 4.79 Å². The van der Waals surface area contributed by atoms with Crippen molar-refractivity contribution >= 4 is 17.4 Å². The molecule has 3 heteroatoms. The zero-order valence-corrected chi connectivity index (χ0v) is 7.70. The summed E-state index contributed by atoms with van der Waals surface area (Å²) in [6, 6.07) is 3.06. The number of carbonyl (C=O) groups excluding carboxylic acids is 1. The van der Waals surface area contributed by atoms with Gasteiger partial charge in [0.15, 0.2) is 5.78 Å². The summed E-state index contributed by atoms with van der Waals surface area (Å²) in [6.45, 7) is 0. The SMILES string of the molecule is O=C1CCCc2c1ccc(Cl)c2F. The van der Waals surface area contributed by atoms with Gasteiger partial charge in [0.05, 0.1) is 5.02 Å². The molecule has 1 nitrogen and oxygen atoms in total. The molecule has 2 rings (SSSR count). The van der Waals surface area contributed by atoms with E-state index >= 15 is 0 Å². The molecule has 0 radical (unpaired) electrons. The standard InChI is InChI=1S/C10H8ClFO/c11-8-5-4-6-7(10(8)12)2-1-3-9(6)13/h4-5H,1-3H2. The number of Topliss-reactive ketones (excluding diaryl/α,β-unsaturated/α-hetero) is 1. The third-order valence-electron chi connectivity index (χ3n) is 2.33. The number of ketones is 1. The quantitative estimate of drug-likeness (QED) is 0.626. The molecule has 0 unspecified atom stereocenters. The molecule has 1 aliphatic carbocycles. The molecule has 1 aromatic carbocycles. The van der Waals surface area contributed by atoms with E-state index in [0.717, 1.165) is 6.42 Å². The van der Waals surface area contributed by atoms with Crippen molar-refractivity contribution in [3.05, 3.63) is 34.1 Å². The molecule has 0 saturated heterocycles. The maximum atomic E-state index is 13.4. The average molecular weight is 199 g/mol. The van der Waals surface area contributed by atoms with E-state index in [-0.39, 0.29) is 10.8 Å². The van der Waals surface area contributed by atoms with Gasteiger partial charge in [-0.2, -0.15) is 0 Å². The van der Waals surface area contributed by atoms with Crippen molar-refractivity contribution in [3.8, 4) is 0 Å². The Morgan fingerprint density at radius 3 is 2.85 bits per heavy atom. The molecule has 0 bridgehead atoms. The van der Waals surface area contributed by atoms with Crippen LogP contribution in [-0.4, -0.2) is 5.78 Å². The van der Waals surface area contributed by atoms with E-state index < -0.39 is 5.82 Å². The highest BCUT2D eigenvalue weighted by atomic mass is 35.5.